The Morgan fingerprint density at radius 3 is 2.64 bits per heavy atom. The van der Waals surface area contributed by atoms with E-state index in [9.17, 15) is 9.59 Å². The second kappa shape index (κ2) is 4.43. The normalized spacial score (nSPS) is 9.64. The Labute approximate surface area is 90.3 Å². The molecule has 1 aromatic rings. The van der Waals surface area contributed by atoms with Crippen LogP contribution in [0.5, 0.6) is 0 Å². The molecule has 0 atom stereocenters. The summed E-state index contributed by atoms with van der Waals surface area (Å²) in [4.78, 5) is 22.4. The maximum atomic E-state index is 11.2. The van der Waals surface area contributed by atoms with Gasteiger partial charge in [-0.25, -0.2) is 0 Å². The average molecular weight is 233 g/mol. The molecule has 0 saturated carbocycles. The molecule has 1 aromatic heterocycles. The first-order valence-electron chi connectivity index (χ1n) is 3.83. The number of carbonyl (C=O) groups excluding carboxylic acids is 2. The molecule has 1 rings (SSSR count). The minimum atomic E-state index is -0.215. The van der Waals surface area contributed by atoms with E-state index >= 15 is 0 Å². The molecule has 14 heavy (non-hydrogen) atoms. The fourth-order valence-electron chi connectivity index (χ4n) is 0.879. The van der Waals surface area contributed by atoms with E-state index in [-0.39, 0.29) is 11.8 Å². The van der Waals surface area contributed by atoms with Gasteiger partial charge in [-0.3, -0.25) is 9.59 Å². The monoisotopic (exact) mass is 232 g/mol. The molecule has 0 aliphatic rings. The van der Waals surface area contributed by atoms with Crippen LogP contribution in [0.4, 0.5) is 5.69 Å². The van der Waals surface area contributed by atoms with E-state index in [4.69, 9.17) is 11.6 Å². The Morgan fingerprint density at radius 2 is 2.14 bits per heavy atom. The molecule has 4 nitrogen and oxygen atoms in total. The van der Waals surface area contributed by atoms with E-state index in [0.29, 0.717) is 14.9 Å². The Bertz CT molecular complexity index is 375. The number of amides is 2. The lowest BCUT2D eigenvalue weighted by Crippen LogP contribution is -2.16. The van der Waals surface area contributed by atoms with Crippen LogP contribution in [-0.2, 0) is 4.79 Å². The van der Waals surface area contributed by atoms with Crippen LogP contribution in [0.1, 0.15) is 16.6 Å². The Hall–Kier alpha value is -1.07. The fraction of sp³-hybridized carbons (Fsp3) is 0.250. The molecule has 0 radical (unpaired) electrons. The average Bonchev–Trinajstić information content (AvgIpc) is 2.46. The Morgan fingerprint density at radius 1 is 1.50 bits per heavy atom. The summed E-state index contributed by atoms with van der Waals surface area (Å²) in [5.41, 5.74) is 0.475. The van der Waals surface area contributed by atoms with Crippen molar-refractivity contribution in [2.24, 2.45) is 0 Å². The summed E-state index contributed by atoms with van der Waals surface area (Å²) >= 11 is 6.94. The lowest BCUT2D eigenvalue weighted by atomic mass is 10.4. The fourth-order valence-corrected chi connectivity index (χ4v) is 2.01. The minimum Gasteiger partial charge on any atom is -0.354 e. The third-order valence-electron chi connectivity index (χ3n) is 1.45. The second-order valence-corrected chi connectivity index (χ2v) is 4.21. The predicted octanol–water partition coefficient (Wildman–Crippen LogP) is 1.72. The topological polar surface area (TPSA) is 58.2 Å². The molecule has 0 aliphatic carbocycles. The van der Waals surface area contributed by atoms with Crippen LogP contribution in [-0.4, -0.2) is 18.9 Å². The Balaban J connectivity index is 2.93. The van der Waals surface area contributed by atoms with Crippen molar-refractivity contribution in [2.75, 3.05) is 12.4 Å². The summed E-state index contributed by atoms with van der Waals surface area (Å²) < 4.78 is 0.402. The number of halogens is 1. The van der Waals surface area contributed by atoms with Gasteiger partial charge in [0.15, 0.2) is 0 Å². The molecule has 0 unspecified atom stereocenters. The molecule has 0 bridgehead atoms. The molecule has 0 fully saturated rings. The molecule has 76 valence electrons. The smallest absolute Gasteiger partial charge is 0.261 e. The maximum absolute atomic E-state index is 11.2. The standard InChI is InChI=1S/C8H9ClN2O2S/c1-4(12)11-5-3-6(8(13)10-2)14-7(5)9/h3H,1-2H3,(H,10,13)(H,11,12). The molecular formula is C8H9ClN2O2S. The molecule has 0 saturated heterocycles. The van der Waals surface area contributed by atoms with Gasteiger partial charge >= 0.3 is 0 Å². The van der Waals surface area contributed by atoms with Crippen LogP contribution >= 0.6 is 22.9 Å². The summed E-state index contributed by atoms with van der Waals surface area (Å²) in [6.45, 7) is 1.38. The van der Waals surface area contributed by atoms with Crippen LogP contribution < -0.4 is 10.6 Å². The van der Waals surface area contributed by atoms with Crippen molar-refractivity contribution in [3.8, 4) is 0 Å². The highest BCUT2D eigenvalue weighted by Crippen LogP contribution is 2.31. The lowest BCUT2D eigenvalue weighted by molar-refractivity contribution is -0.114. The highest BCUT2D eigenvalue weighted by Gasteiger charge is 2.12. The van der Waals surface area contributed by atoms with Crippen molar-refractivity contribution in [2.45, 2.75) is 6.92 Å². The molecule has 0 spiro atoms. The molecule has 0 aromatic carbocycles. The molecule has 6 heteroatoms. The largest absolute Gasteiger partial charge is 0.354 e. The van der Waals surface area contributed by atoms with Gasteiger partial charge < -0.3 is 10.6 Å². The zero-order valence-corrected chi connectivity index (χ0v) is 9.25. The first-order chi connectivity index (χ1) is 6.54. The third-order valence-corrected chi connectivity index (χ3v) is 2.81. The highest BCUT2D eigenvalue weighted by molar-refractivity contribution is 7.18. The van der Waals surface area contributed by atoms with E-state index in [2.05, 4.69) is 10.6 Å². The van der Waals surface area contributed by atoms with Crippen LogP contribution in [0.15, 0.2) is 6.07 Å². The van der Waals surface area contributed by atoms with E-state index in [1.807, 2.05) is 0 Å². The predicted molar refractivity (Wildman–Crippen MR) is 57.0 cm³/mol. The number of anilines is 1. The molecule has 0 aliphatic heterocycles. The van der Waals surface area contributed by atoms with E-state index in [0.717, 1.165) is 11.3 Å². The van der Waals surface area contributed by atoms with Gasteiger partial charge in [-0.2, -0.15) is 0 Å². The SMILES string of the molecule is CNC(=O)c1cc(NC(C)=O)c(Cl)s1. The zero-order chi connectivity index (χ0) is 10.7. The molecule has 1 heterocycles. The molecule has 2 amide bonds. The van der Waals surface area contributed by atoms with Gasteiger partial charge in [-0.1, -0.05) is 11.6 Å². The minimum absolute atomic E-state index is 0.214. The third kappa shape index (κ3) is 2.46. The van der Waals surface area contributed by atoms with E-state index in [1.165, 1.54) is 14.0 Å². The highest BCUT2D eigenvalue weighted by atomic mass is 35.5. The van der Waals surface area contributed by atoms with Gasteiger partial charge in [0.25, 0.3) is 5.91 Å². The van der Waals surface area contributed by atoms with E-state index in [1.54, 1.807) is 6.07 Å². The second-order valence-electron chi connectivity index (χ2n) is 2.56. The first kappa shape index (κ1) is 11.0. The van der Waals surface area contributed by atoms with Crippen LogP contribution in [0.25, 0.3) is 0 Å². The van der Waals surface area contributed by atoms with Crippen LogP contribution in [0, 0.1) is 0 Å². The first-order valence-corrected chi connectivity index (χ1v) is 5.03. The zero-order valence-electron chi connectivity index (χ0n) is 7.68. The number of hydrogen-bond acceptors (Lipinski definition) is 3. The summed E-state index contributed by atoms with van der Waals surface area (Å²) in [5, 5.41) is 5.01. The van der Waals surface area contributed by atoms with Crippen molar-refractivity contribution in [3.05, 3.63) is 15.3 Å². The maximum Gasteiger partial charge on any atom is 0.261 e. The quantitative estimate of drug-likeness (QED) is 0.816. The van der Waals surface area contributed by atoms with Crippen molar-refractivity contribution >= 4 is 40.4 Å². The van der Waals surface area contributed by atoms with Gasteiger partial charge in [-0.15, -0.1) is 11.3 Å². The van der Waals surface area contributed by atoms with Gasteiger partial charge in [0.05, 0.1) is 10.6 Å². The summed E-state index contributed by atoms with van der Waals surface area (Å²) in [7, 11) is 1.54. The number of rotatable bonds is 2. The van der Waals surface area contributed by atoms with Crippen LogP contribution in [0.2, 0.25) is 4.34 Å². The van der Waals surface area contributed by atoms with Crippen LogP contribution in [0.3, 0.4) is 0 Å². The number of nitrogens with one attached hydrogen (secondary N) is 2. The van der Waals surface area contributed by atoms with Crippen molar-refractivity contribution in [1.82, 2.24) is 5.32 Å². The Kier molecular flexibility index (Phi) is 3.49. The van der Waals surface area contributed by atoms with Crippen molar-refractivity contribution in [1.29, 1.82) is 0 Å². The van der Waals surface area contributed by atoms with Gasteiger partial charge in [0.2, 0.25) is 5.91 Å². The number of carbonyl (C=O) groups is 2. The van der Waals surface area contributed by atoms with Gasteiger partial charge in [0.1, 0.15) is 4.34 Å². The summed E-state index contributed by atoms with van der Waals surface area (Å²) in [6.07, 6.45) is 0. The van der Waals surface area contributed by atoms with Crippen molar-refractivity contribution in [3.63, 3.8) is 0 Å². The van der Waals surface area contributed by atoms with E-state index < -0.39 is 0 Å². The van der Waals surface area contributed by atoms with Gasteiger partial charge in [-0.05, 0) is 6.07 Å². The summed E-state index contributed by atoms with van der Waals surface area (Å²) in [6, 6.07) is 1.55. The molecule has 2 N–H and O–H groups in total. The van der Waals surface area contributed by atoms with Gasteiger partial charge in [0, 0.05) is 14.0 Å². The van der Waals surface area contributed by atoms with Crippen molar-refractivity contribution < 1.29 is 9.59 Å². The summed E-state index contributed by atoms with van der Waals surface area (Å²) in [5.74, 6) is -0.429. The molecular weight excluding hydrogens is 224 g/mol. The lowest BCUT2D eigenvalue weighted by Gasteiger charge is -1.96. The number of hydrogen-bond donors (Lipinski definition) is 2. The number of thiophene rings is 1.